The van der Waals surface area contributed by atoms with E-state index in [0.29, 0.717) is 24.1 Å². The maximum Gasteiger partial charge on any atom is 0.233 e. The van der Waals surface area contributed by atoms with Crippen LogP contribution in [0.5, 0.6) is 0 Å². The van der Waals surface area contributed by atoms with E-state index in [-0.39, 0.29) is 5.91 Å². The normalized spacial score (nSPS) is 22.9. The minimum Gasteiger partial charge on any atom is -0.467 e. The molecule has 0 aliphatic carbocycles. The molecule has 0 aromatic carbocycles. The first-order valence-electron chi connectivity index (χ1n) is 11.7. The number of piperidine rings is 1. The summed E-state index contributed by atoms with van der Waals surface area (Å²) < 4.78 is 7.73. The van der Waals surface area contributed by atoms with Crippen LogP contribution in [-0.4, -0.2) is 57.5 Å². The molecule has 31 heavy (non-hydrogen) atoms. The Morgan fingerprint density at radius 2 is 1.81 bits per heavy atom. The highest BCUT2D eigenvalue weighted by molar-refractivity contribution is 7.99. The number of carbonyl (C=O) groups excluding carboxylic acids is 1. The van der Waals surface area contributed by atoms with Gasteiger partial charge in [-0.2, -0.15) is 0 Å². The second kappa shape index (κ2) is 10.6. The van der Waals surface area contributed by atoms with Crippen LogP contribution in [0.4, 0.5) is 5.95 Å². The fourth-order valence-electron chi connectivity index (χ4n) is 4.86. The molecule has 2 saturated heterocycles. The first kappa shape index (κ1) is 22.2. The number of hydrogen-bond donors (Lipinski definition) is 0. The summed E-state index contributed by atoms with van der Waals surface area (Å²) in [5, 5.41) is 9.84. The minimum absolute atomic E-state index is 0.209. The summed E-state index contributed by atoms with van der Waals surface area (Å²) in [5.41, 5.74) is 0. The molecule has 1 amide bonds. The molecule has 2 unspecified atom stereocenters. The summed E-state index contributed by atoms with van der Waals surface area (Å²) in [4.78, 5) is 17.3. The molecule has 0 saturated carbocycles. The number of aromatic nitrogens is 3. The SMILES string of the molecule is CC1CC(C)CN(c2nnc(SCC(=O)N3CCCCCCC3)n2Cc2ccco2)C1. The Hall–Kier alpha value is -1.96. The van der Waals surface area contributed by atoms with Crippen LogP contribution >= 0.6 is 11.8 Å². The third kappa shape index (κ3) is 5.84. The van der Waals surface area contributed by atoms with Crippen molar-refractivity contribution in [3.63, 3.8) is 0 Å². The van der Waals surface area contributed by atoms with Gasteiger partial charge in [-0.25, -0.2) is 0 Å². The van der Waals surface area contributed by atoms with Gasteiger partial charge in [0.15, 0.2) is 5.16 Å². The lowest BCUT2D eigenvalue weighted by Crippen LogP contribution is -2.40. The Bertz CT molecular complexity index is 819. The van der Waals surface area contributed by atoms with Crippen molar-refractivity contribution in [2.75, 3.05) is 36.8 Å². The number of carbonyl (C=O) groups is 1. The molecule has 2 aliphatic heterocycles. The van der Waals surface area contributed by atoms with E-state index >= 15 is 0 Å². The lowest BCUT2D eigenvalue weighted by atomic mass is 9.92. The van der Waals surface area contributed by atoms with Crippen molar-refractivity contribution >= 4 is 23.6 Å². The summed E-state index contributed by atoms with van der Waals surface area (Å²) in [6.45, 7) is 8.91. The van der Waals surface area contributed by atoms with E-state index in [2.05, 4.69) is 33.5 Å². The molecule has 2 atom stereocenters. The van der Waals surface area contributed by atoms with Gasteiger partial charge in [0.2, 0.25) is 11.9 Å². The number of hydrogen-bond acceptors (Lipinski definition) is 6. The Morgan fingerprint density at radius 3 is 2.48 bits per heavy atom. The average Bonchev–Trinajstić information content (AvgIpc) is 3.35. The van der Waals surface area contributed by atoms with E-state index in [4.69, 9.17) is 4.42 Å². The summed E-state index contributed by atoms with van der Waals surface area (Å²) in [5.74, 6) is 3.63. The van der Waals surface area contributed by atoms with Crippen LogP contribution < -0.4 is 4.90 Å². The van der Waals surface area contributed by atoms with Crippen LogP contribution in [0.2, 0.25) is 0 Å². The Morgan fingerprint density at radius 1 is 1.10 bits per heavy atom. The molecular formula is C23H35N5O2S. The first-order chi connectivity index (χ1) is 15.1. The van der Waals surface area contributed by atoms with E-state index in [9.17, 15) is 4.79 Å². The third-order valence-electron chi connectivity index (χ3n) is 6.28. The quantitative estimate of drug-likeness (QED) is 0.618. The van der Waals surface area contributed by atoms with E-state index in [1.54, 1.807) is 6.26 Å². The number of rotatable bonds is 6. The van der Waals surface area contributed by atoms with Crippen molar-refractivity contribution in [1.82, 2.24) is 19.7 Å². The van der Waals surface area contributed by atoms with Gasteiger partial charge in [0.25, 0.3) is 0 Å². The zero-order valence-corrected chi connectivity index (χ0v) is 19.6. The van der Waals surface area contributed by atoms with Crippen LogP contribution in [0.3, 0.4) is 0 Å². The summed E-state index contributed by atoms with van der Waals surface area (Å²) in [6, 6.07) is 3.88. The molecule has 0 radical (unpaired) electrons. The van der Waals surface area contributed by atoms with E-state index in [1.807, 2.05) is 17.0 Å². The van der Waals surface area contributed by atoms with Crippen molar-refractivity contribution in [2.24, 2.45) is 11.8 Å². The monoisotopic (exact) mass is 445 g/mol. The van der Waals surface area contributed by atoms with Crippen molar-refractivity contribution in [3.8, 4) is 0 Å². The van der Waals surface area contributed by atoms with Crippen molar-refractivity contribution in [1.29, 1.82) is 0 Å². The highest BCUT2D eigenvalue weighted by Crippen LogP contribution is 2.29. The van der Waals surface area contributed by atoms with Crippen LogP contribution in [0.15, 0.2) is 28.0 Å². The molecule has 4 rings (SSSR count). The zero-order valence-electron chi connectivity index (χ0n) is 18.8. The zero-order chi connectivity index (χ0) is 21.6. The van der Waals surface area contributed by atoms with Gasteiger partial charge in [-0.05, 0) is 43.2 Å². The van der Waals surface area contributed by atoms with E-state index in [1.165, 1.54) is 37.4 Å². The van der Waals surface area contributed by atoms with Gasteiger partial charge in [-0.3, -0.25) is 9.36 Å². The smallest absolute Gasteiger partial charge is 0.233 e. The Labute approximate surface area is 189 Å². The predicted octanol–water partition coefficient (Wildman–Crippen LogP) is 4.29. The number of anilines is 1. The maximum absolute atomic E-state index is 12.9. The van der Waals surface area contributed by atoms with Crippen LogP contribution in [-0.2, 0) is 11.3 Å². The van der Waals surface area contributed by atoms with Crippen molar-refractivity contribution < 1.29 is 9.21 Å². The second-order valence-corrected chi connectivity index (χ2v) is 10.2. The standard InChI is InChI=1S/C23H35N5O2S/c1-18-13-19(2)15-27(14-18)22-24-25-23(28(22)16-20-9-8-12-30-20)31-17-21(29)26-10-6-4-3-5-7-11-26/h8-9,12,18-19H,3-7,10-11,13-17H2,1-2H3. The van der Waals surface area contributed by atoms with Crippen molar-refractivity contribution in [3.05, 3.63) is 24.2 Å². The highest BCUT2D eigenvalue weighted by Gasteiger charge is 2.27. The third-order valence-corrected chi connectivity index (χ3v) is 7.23. The molecule has 8 heteroatoms. The molecule has 2 aromatic heterocycles. The van der Waals surface area contributed by atoms with E-state index in [0.717, 1.165) is 55.9 Å². The van der Waals surface area contributed by atoms with Gasteiger partial charge < -0.3 is 14.2 Å². The molecule has 2 fully saturated rings. The van der Waals surface area contributed by atoms with Crippen LogP contribution in [0, 0.1) is 11.8 Å². The molecule has 4 heterocycles. The second-order valence-electron chi connectivity index (χ2n) is 9.24. The van der Waals surface area contributed by atoms with E-state index < -0.39 is 0 Å². The van der Waals surface area contributed by atoms with Gasteiger partial charge in [0, 0.05) is 26.2 Å². The van der Waals surface area contributed by atoms with Gasteiger partial charge in [-0.15, -0.1) is 10.2 Å². The fourth-order valence-corrected chi connectivity index (χ4v) is 5.69. The topological polar surface area (TPSA) is 67.4 Å². The molecule has 0 bridgehead atoms. The predicted molar refractivity (Wildman–Crippen MR) is 123 cm³/mol. The molecule has 0 N–H and O–H groups in total. The van der Waals surface area contributed by atoms with Gasteiger partial charge in [0.1, 0.15) is 5.76 Å². The lowest BCUT2D eigenvalue weighted by molar-refractivity contribution is -0.128. The highest BCUT2D eigenvalue weighted by atomic mass is 32.2. The molecule has 2 aromatic rings. The number of likely N-dealkylation sites (tertiary alicyclic amines) is 1. The number of amides is 1. The largest absolute Gasteiger partial charge is 0.467 e. The van der Waals surface area contributed by atoms with Crippen LogP contribution in [0.25, 0.3) is 0 Å². The number of nitrogens with zero attached hydrogens (tertiary/aromatic N) is 5. The van der Waals surface area contributed by atoms with Crippen LogP contribution in [0.1, 0.15) is 58.1 Å². The number of furan rings is 1. The first-order valence-corrected chi connectivity index (χ1v) is 12.7. The average molecular weight is 446 g/mol. The molecule has 2 aliphatic rings. The Kier molecular flexibility index (Phi) is 7.58. The summed E-state index contributed by atoms with van der Waals surface area (Å²) in [6.07, 6.45) is 8.91. The summed E-state index contributed by atoms with van der Waals surface area (Å²) in [7, 11) is 0. The van der Waals surface area contributed by atoms with Crippen molar-refractivity contribution in [2.45, 2.75) is 64.1 Å². The van der Waals surface area contributed by atoms with Gasteiger partial charge >= 0.3 is 0 Å². The molecule has 170 valence electrons. The maximum atomic E-state index is 12.9. The molecule has 7 nitrogen and oxygen atoms in total. The fraction of sp³-hybridized carbons (Fsp3) is 0.696. The summed E-state index contributed by atoms with van der Waals surface area (Å²) >= 11 is 1.50. The van der Waals surface area contributed by atoms with Gasteiger partial charge in [0.05, 0.1) is 18.6 Å². The van der Waals surface area contributed by atoms with Gasteiger partial charge in [-0.1, -0.05) is 44.9 Å². The Balaban J connectivity index is 1.48. The molecular weight excluding hydrogens is 410 g/mol. The minimum atomic E-state index is 0.209. The lowest BCUT2D eigenvalue weighted by Gasteiger charge is -2.35. The molecule has 0 spiro atoms. The number of thioether (sulfide) groups is 1.